The van der Waals surface area contributed by atoms with Crippen LogP contribution in [0.3, 0.4) is 0 Å². The highest BCUT2D eigenvalue weighted by Crippen LogP contribution is 2.11. The predicted molar refractivity (Wildman–Crippen MR) is 83.2 cm³/mol. The number of piperidine rings is 1. The minimum absolute atomic E-state index is 0.696. The molecule has 1 aliphatic heterocycles. The Morgan fingerprint density at radius 3 is 2.58 bits per heavy atom. The van der Waals surface area contributed by atoms with Gasteiger partial charge < -0.3 is 10.2 Å². The molecule has 2 rings (SSSR count). The molecule has 1 saturated heterocycles. The molecule has 0 aliphatic carbocycles. The molecule has 104 valence electrons. The zero-order valence-corrected chi connectivity index (χ0v) is 12.2. The van der Waals surface area contributed by atoms with Gasteiger partial charge >= 0.3 is 0 Å². The lowest BCUT2D eigenvalue weighted by Crippen LogP contribution is -2.42. The second kappa shape index (κ2) is 7.46. The highest BCUT2D eigenvalue weighted by atomic mass is 15.1. The van der Waals surface area contributed by atoms with E-state index < -0.39 is 0 Å². The van der Waals surface area contributed by atoms with Crippen LogP contribution < -0.4 is 5.32 Å². The minimum Gasteiger partial charge on any atom is -0.310 e. The lowest BCUT2D eigenvalue weighted by atomic mass is 10.0. The quantitative estimate of drug-likeness (QED) is 0.872. The van der Waals surface area contributed by atoms with Crippen LogP contribution in [0.25, 0.3) is 6.08 Å². The normalized spacial score (nSPS) is 18.7. The Hall–Kier alpha value is -1.12. The van der Waals surface area contributed by atoms with E-state index in [1.165, 1.54) is 43.6 Å². The van der Waals surface area contributed by atoms with Gasteiger partial charge in [0.25, 0.3) is 0 Å². The minimum atomic E-state index is 0.696. The molecule has 0 spiro atoms. The molecule has 1 aliphatic rings. The van der Waals surface area contributed by atoms with Crippen molar-refractivity contribution in [2.24, 2.45) is 0 Å². The molecule has 2 nitrogen and oxygen atoms in total. The van der Waals surface area contributed by atoms with Crippen LogP contribution >= 0.6 is 0 Å². The molecule has 1 heterocycles. The summed E-state index contributed by atoms with van der Waals surface area (Å²) in [6.07, 6.45) is 4.84. The first-order chi connectivity index (χ1) is 9.28. The summed E-state index contributed by atoms with van der Waals surface area (Å²) < 4.78 is 0. The number of rotatable bonds is 5. The van der Waals surface area contributed by atoms with Crippen molar-refractivity contribution >= 4 is 6.08 Å². The molecule has 0 amide bonds. The molecule has 0 unspecified atom stereocenters. The van der Waals surface area contributed by atoms with Crippen molar-refractivity contribution in [3.8, 4) is 0 Å². The van der Waals surface area contributed by atoms with Crippen molar-refractivity contribution < 1.29 is 0 Å². The maximum absolute atomic E-state index is 3.69. The fourth-order valence-corrected chi connectivity index (χ4v) is 2.64. The van der Waals surface area contributed by atoms with Crippen molar-refractivity contribution in [1.29, 1.82) is 0 Å². The maximum atomic E-state index is 3.69. The third kappa shape index (κ3) is 4.81. The van der Waals surface area contributed by atoms with Crippen LogP contribution in [0, 0.1) is 0 Å². The van der Waals surface area contributed by atoms with Gasteiger partial charge in [0, 0.05) is 12.6 Å². The summed E-state index contributed by atoms with van der Waals surface area (Å²) >= 11 is 0. The fraction of sp³-hybridized carbons (Fsp3) is 0.529. The van der Waals surface area contributed by atoms with Crippen LogP contribution in [0.1, 0.15) is 32.3 Å². The third-order valence-corrected chi connectivity index (χ3v) is 3.92. The van der Waals surface area contributed by atoms with Gasteiger partial charge in [-0.05, 0) is 45.0 Å². The summed E-state index contributed by atoms with van der Waals surface area (Å²) in [5.74, 6) is 0. The highest BCUT2D eigenvalue weighted by molar-refractivity contribution is 5.52. The summed E-state index contributed by atoms with van der Waals surface area (Å²) in [6.45, 7) is 9.15. The highest BCUT2D eigenvalue weighted by Gasteiger charge is 2.16. The fourth-order valence-electron chi connectivity index (χ4n) is 2.64. The Morgan fingerprint density at radius 2 is 1.95 bits per heavy atom. The van der Waals surface area contributed by atoms with Gasteiger partial charge in [-0.25, -0.2) is 0 Å². The lowest BCUT2D eigenvalue weighted by molar-refractivity contribution is 0.208. The monoisotopic (exact) mass is 258 g/mol. The molecule has 0 aromatic heterocycles. The average Bonchev–Trinajstić information content (AvgIpc) is 2.47. The SMILES string of the molecule is CCN1CCC(NCC(C)=Cc2ccccc2)CC1. The van der Waals surface area contributed by atoms with E-state index in [4.69, 9.17) is 0 Å². The molecule has 19 heavy (non-hydrogen) atoms. The molecule has 1 N–H and O–H groups in total. The van der Waals surface area contributed by atoms with Crippen molar-refractivity contribution in [3.63, 3.8) is 0 Å². The van der Waals surface area contributed by atoms with Crippen LogP contribution in [-0.2, 0) is 0 Å². The number of benzene rings is 1. The van der Waals surface area contributed by atoms with E-state index >= 15 is 0 Å². The summed E-state index contributed by atoms with van der Waals surface area (Å²) in [7, 11) is 0. The topological polar surface area (TPSA) is 15.3 Å². The summed E-state index contributed by atoms with van der Waals surface area (Å²) in [4.78, 5) is 2.53. The van der Waals surface area contributed by atoms with Crippen LogP contribution in [0.4, 0.5) is 0 Å². The van der Waals surface area contributed by atoms with E-state index in [0.717, 1.165) is 6.54 Å². The zero-order chi connectivity index (χ0) is 13.5. The van der Waals surface area contributed by atoms with E-state index in [9.17, 15) is 0 Å². The lowest BCUT2D eigenvalue weighted by Gasteiger charge is -2.31. The molecule has 1 fully saturated rings. The van der Waals surface area contributed by atoms with Crippen LogP contribution in [0.15, 0.2) is 35.9 Å². The van der Waals surface area contributed by atoms with Gasteiger partial charge in [0.05, 0.1) is 0 Å². The first-order valence-electron chi connectivity index (χ1n) is 7.46. The molecule has 0 saturated carbocycles. The third-order valence-electron chi connectivity index (χ3n) is 3.92. The standard InChI is InChI=1S/C17H26N2/c1-3-19-11-9-17(10-12-19)18-14-15(2)13-16-7-5-4-6-8-16/h4-8,13,17-18H,3,9-12,14H2,1-2H3. The van der Waals surface area contributed by atoms with Gasteiger partial charge in [0.2, 0.25) is 0 Å². The van der Waals surface area contributed by atoms with Crippen LogP contribution in [0.2, 0.25) is 0 Å². The average molecular weight is 258 g/mol. The number of likely N-dealkylation sites (tertiary alicyclic amines) is 1. The van der Waals surface area contributed by atoms with Gasteiger partial charge in [-0.15, -0.1) is 0 Å². The van der Waals surface area contributed by atoms with Crippen LogP contribution in [-0.4, -0.2) is 37.1 Å². The molecular formula is C17H26N2. The van der Waals surface area contributed by atoms with Crippen molar-refractivity contribution in [3.05, 3.63) is 41.5 Å². The number of hydrogen-bond donors (Lipinski definition) is 1. The number of hydrogen-bond acceptors (Lipinski definition) is 2. The van der Waals surface area contributed by atoms with E-state index in [-0.39, 0.29) is 0 Å². The van der Waals surface area contributed by atoms with Crippen LogP contribution in [0.5, 0.6) is 0 Å². The smallest absolute Gasteiger partial charge is 0.0167 e. The Labute approximate surface area is 117 Å². The van der Waals surface area contributed by atoms with Crippen molar-refractivity contribution in [1.82, 2.24) is 10.2 Å². The van der Waals surface area contributed by atoms with E-state index in [1.54, 1.807) is 0 Å². The van der Waals surface area contributed by atoms with E-state index in [0.29, 0.717) is 6.04 Å². The Morgan fingerprint density at radius 1 is 1.26 bits per heavy atom. The van der Waals surface area contributed by atoms with Crippen molar-refractivity contribution in [2.75, 3.05) is 26.2 Å². The molecule has 0 atom stereocenters. The van der Waals surface area contributed by atoms with Crippen molar-refractivity contribution in [2.45, 2.75) is 32.7 Å². The molecule has 0 radical (unpaired) electrons. The van der Waals surface area contributed by atoms with E-state index in [2.05, 4.69) is 60.5 Å². The summed E-state index contributed by atoms with van der Waals surface area (Å²) in [6, 6.07) is 11.3. The first-order valence-corrected chi connectivity index (χ1v) is 7.46. The molecule has 0 bridgehead atoms. The Kier molecular flexibility index (Phi) is 5.62. The second-order valence-electron chi connectivity index (χ2n) is 5.49. The maximum Gasteiger partial charge on any atom is 0.0167 e. The van der Waals surface area contributed by atoms with Gasteiger partial charge in [-0.2, -0.15) is 0 Å². The number of nitrogens with zero attached hydrogens (tertiary/aromatic N) is 1. The van der Waals surface area contributed by atoms with Gasteiger partial charge in [0.15, 0.2) is 0 Å². The second-order valence-corrected chi connectivity index (χ2v) is 5.49. The Balaban J connectivity index is 1.75. The molecular weight excluding hydrogens is 232 g/mol. The van der Waals surface area contributed by atoms with Gasteiger partial charge in [0.1, 0.15) is 0 Å². The molecule has 1 aromatic rings. The predicted octanol–water partition coefficient (Wildman–Crippen LogP) is 3.16. The van der Waals surface area contributed by atoms with Gasteiger partial charge in [-0.3, -0.25) is 0 Å². The number of nitrogens with one attached hydrogen (secondary N) is 1. The molecule has 2 heteroatoms. The van der Waals surface area contributed by atoms with Gasteiger partial charge in [-0.1, -0.05) is 48.9 Å². The summed E-state index contributed by atoms with van der Waals surface area (Å²) in [5.41, 5.74) is 2.70. The first kappa shape index (κ1) is 14.3. The Bertz CT molecular complexity index is 389. The molecule has 1 aromatic carbocycles. The largest absolute Gasteiger partial charge is 0.310 e. The van der Waals surface area contributed by atoms with E-state index in [1.807, 2.05) is 0 Å². The zero-order valence-electron chi connectivity index (χ0n) is 12.2. The summed E-state index contributed by atoms with van der Waals surface area (Å²) in [5, 5.41) is 3.69.